The largest absolute Gasteiger partial charge is 0.449 e. The first kappa shape index (κ1) is 34.2. The molecule has 1 radical (unpaired) electrons. The van der Waals surface area contributed by atoms with E-state index in [1.165, 1.54) is 38.5 Å². The molecule has 4 saturated carbocycles. The number of nitrogens with zero attached hydrogens (tertiary/aromatic N) is 2. The van der Waals surface area contributed by atoms with Gasteiger partial charge in [0, 0.05) is 37.1 Å². The summed E-state index contributed by atoms with van der Waals surface area (Å²) in [6, 6.07) is 2.86. The van der Waals surface area contributed by atoms with Gasteiger partial charge >= 0.3 is 6.09 Å². The Morgan fingerprint density at radius 1 is 1.05 bits per heavy atom. The molecule has 2 amide bonds. The van der Waals surface area contributed by atoms with Gasteiger partial charge in [-0.2, -0.15) is 0 Å². The van der Waals surface area contributed by atoms with Crippen molar-refractivity contribution >= 4 is 32.6 Å². The van der Waals surface area contributed by atoms with Crippen molar-refractivity contribution < 1.29 is 18.8 Å². The van der Waals surface area contributed by atoms with Crippen LogP contribution in [0.5, 0.6) is 0 Å². The van der Waals surface area contributed by atoms with Crippen LogP contribution in [0.25, 0.3) is 0 Å². The van der Waals surface area contributed by atoms with Gasteiger partial charge in [0.2, 0.25) is 9.04 Å². The van der Waals surface area contributed by atoms with E-state index in [4.69, 9.17) is 20.8 Å². The molecule has 0 saturated heterocycles. The maximum absolute atomic E-state index is 13.2. The molecule has 0 spiro atoms. The molecule has 0 aliphatic heterocycles. The lowest BCUT2D eigenvalue weighted by molar-refractivity contribution is -0.0503. The van der Waals surface area contributed by atoms with Gasteiger partial charge in [0.15, 0.2) is 0 Å². The van der Waals surface area contributed by atoms with E-state index in [0.717, 1.165) is 42.5 Å². The van der Waals surface area contributed by atoms with Gasteiger partial charge in [-0.3, -0.25) is 9.78 Å². The summed E-state index contributed by atoms with van der Waals surface area (Å²) in [5.41, 5.74) is 1.18. The molecule has 43 heavy (non-hydrogen) atoms. The quantitative estimate of drug-likeness (QED) is 0.176. The summed E-state index contributed by atoms with van der Waals surface area (Å²) in [6.07, 6.45) is 11.2. The van der Waals surface area contributed by atoms with Crippen molar-refractivity contribution in [2.75, 3.05) is 26.3 Å². The molecule has 0 unspecified atom stereocenters. The lowest BCUT2D eigenvalue weighted by atomic mass is 9.49. The molecule has 9 heteroatoms. The maximum atomic E-state index is 13.2. The van der Waals surface area contributed by atoms with Crippen LogP contribution in [-0.4, -0.2) is 62.8 Å². The summed E-state index contributed by atoms with van der Waals surface area (Å²) in [5.74, 6) is 2.44. The second-order valence-electron chi connectivity index (χ2n) is 15.5. The molecule has 0 aromatic carbocycles. The molecule has 5 rings (SSSR count). The molecule has 4 aliphatic carbocycles. The monoisotopic (exact) mass is 632 g/mol. The summed E-state index contributed by atoms with van der Waals surface area (Å²) >= 11 is 6.42. The van der Waals surface area contributed by atoms with Gasteiger partial charge < -0.3 is 19.4 Å². The first-order valence-electron chi connectivity index (χ1n) is 16.6. The number of amides is 2. The molecule has 1 heterocycles. The molecule has 1 aromatic heterocycles. The third-order valence-corrected chi connectivity index (χ3v) is 12.9. The van der Waals surface area contributed by atoms with E-state index in [9.17, 15) is 9.59 Å². The zero-order valence-corrected chi connectivity index (χ0v) is 29.4. The fourth-order valence-corrected chi connectivity index (χ4v) is 10.4. The van der Waals surface area contributed by atoms with Gasteiger partial charge in [0.05, 0.1) is 17.2 Å². The minimum absolute atomic E-state index is 0.115. The lowest BCUT2D eigenvalue weighted by Gasteiger charge is -2.56. The molecular weight excluding hydrogens is 578 g/mol. The van der Waals surface area contributed by atoms with Crippen molar-refractivity contribution in [3.8, 4) is 0 Å². The SMILES string of the molecule is CC[Si](OCCCN(C(=O)OCCCc1cc(C(=O)NCC23CC4CC(CC(C4)C2)C3)c(Cl)cn1)C(C)(C)C)C(C)(C)C. The third-order valence-electron chi connectivity index (χ3n) is 9.74. The number of nitrogens with one attached hydrogen (secondary N) is 1. The number of carbonyl (C=O) groups excluding carboxylic acids is 2. The Morgan fingerprint density at radius 2 is 1.67 bits per heavy atom. The van der Waals surface area contributed by atoms with Crippen LogP contribution in [0.3, 0.4) is 0 Å². The van der Waals surface area contributed by atoms with Crippen molar-refractivity contribution in [3.63, 3.8) is 0 Å². The number of hydrogen-bond donors (Lipinski definition) is 1. The number of aryl methyl sites for hydroxylation is 1. The Labute approximate surface area is 266 Å². The standard InChI is InChI=1S/C34H55ClN3O4Si/c1-8-43(33(5,6)7)42-14-10-12-38(32(2,3)4)31(40)41-13-9-11-27-18-28(29(35)22-36-27)30(39)37-23-34-19-24-15-25(20-34)17-26(16-24)21-34/h18,22,24-26H,8-17,19-21,23H2,1-7H3,(H,37,39). The third kappa shape index (κ3) is 9.20. The van der Waals surface area contributed by atoms with Crippen LogP contribution >= 0.6 is 11.6 Å². The van der Waals surface area contributed by atoms with Gasteiger partial charge in [0.25, 0.3) is 5.91 Å². The van der Waals surface area contributed by atoms with Crippen molar-refractivity contribution in [2.45, 2.75) is 123 Å². The highest BCUT2D eigenvalue weighted by atomic mass is 35.5. The van der Waals surface area contributed by atoms with E-state index in [0.29, 0.717) is 36.6 Å². The minimum Gasteiger partial charge on any atom is -0.449 e. The highest BCUT2D eigenvalue weighted by molar-refractivity contribution is 6.55. The number of rotatable bonds is 13. The van der Waals surface area contributed by atoms with E-state index in [1.807, 2.05) is 20.8 Å². The molecule has 1 aromatic rings. The van der Waals surface area contributed by atoms with Crippen LogP contribution in [0.2, 0.25) is 16.1 Å². The topological polar surface area (TPSA) is 80.8 Å². The van der Waals surface area contributed by atoms with Crippen LogP contribution in [0.1, 0.15) is 116 Å². The first-order chi connectivity index (χ1) is 20.2. The van der Waals surface area contributed by atoms with E-state index < -0.39 is 9.04 Å². The van der Waals surface area contributed by atoms with Crippen molar-refractivity contribution in [3.05, 3.63) is 28.5 Å². The molecule has 7 nitrogen and oxygen atoms in total. The van der Waals surface area contributed by atoms with E-state index in [2.05, 4.69) is 38.0 Å². The molecule has 4 fully saturated rings. The summed E-state index contributed by atoms with van der Waals surface area (Å²) in [7, 11) is -0.893. The van der Waals surface area contributed by atoms with Crippen molar-refractivity contribution in [1.82, 2.24) is 15.2 Å². The fraction of sp³-hybridized carbons (Fsp3) is 0.794. The summed E-state index contributed by atoms with van der Waals surface area (Å²) in [6.45, 7) is 17.3. The second-order valence-corrected chi connectivity index (χ2v) is 19.3. The fourth-order valence-electron chi connectivity index (χ4n) is 8.12. The predicted molar refractivity (Wildman–Crippen MR) is 175 cm³/mol. The number of hydrogen-bond acceptors (Lipinski definition) is 5. The minimum atomic E-state index is -0.893. The highest BCUT2D eigenvalue weighted by Crippen LogP contribution is 2.59. The van der Waals surface area contributed by atoms with Crippen molar-refractivity contribution in [2.24, 2.45) is 23.2 Å². The smallest absolute Gasteiger partial charge is 0.410 e. The normalized spacial score (nSPS) is 24.8. The number of pyridine rings is 1. The van der Waals surface area contributed by atoms with Gasteiger partial charge in [-0.05, 0) is 119 Å². The molecule has 0 atom stereocenters. The predicted octanol–water partition coefficient (Wildman–Crippen LogP) is 8.07. The Bertz CT molecular complexity index is 1080. The maximum Gasteiger partial charge on any atom is 0.410 e. The van der Waals surface area contributed by atoms with Crippen LogP contribution in [0, 0.1) is 23.2 Å². The van der Waals surface area contributed by atoms with E-state index >= 15 is 0 Å². The van der Waals surface area contributed by atoms with Crippen molar-refractivity contribution in [1.29, 1.82) is 0 Å². The Hall–Kier alpha value is -1.64. The zero-order valence-electron chi connectivity index (χ0n) is 27.7. The number of ether oxygens (including phenoxy) is 1. The molecule has 1 N–H and O–H groups in total. The van der Waals surface area contributed by atoms with Crippen LogP contribution < -0.4 is 5.32 Å². The summed E-state index contributed by atoms with van der Waals surface area (Å²) < 4.78 is 11.9. The average molecular weight is 633 g/mol. The molecule has 4 bridgehead atoms. The van der Waals surface area contributed by atoms with Gasteiger partial charge in [-0.25, -0.2) is 4.79 Å². The lowest BCUT2D eigenvalue weighted by Crippen LogP contribution is -2.51. The molecule has 241 valence electrons. The Kier molecular flexibility index (Phi) is 11.3. The number of aromatic nitrogens is 1. The van der Waals surface area contributed by atoms with Crippen LogP contribution in [0.15, 0.2) is 12.3 Å². The van der Waals surface area contributed by atoms with Gasteiger partial charge in [-0.15, -0.1) is 0 Å². The Morgan fingerprint density at radius 3 is 2.23 bits per heavy atom. The van der Waals surface area contributed by atoms with Crippen LogP contribution in [-0.2, 0) is 15.6 Å². The summed E-state index contributed by atoms with van der Waals surface area (Å²) in [4.78, 5) is 32.5. The first-order valence-corrected chi connectivity index (χ1v) is 18.5. The van der Waals surface area contributed by atoms with Crippen LogP contribution in [0.4, 0.5) is 4.79 Å². The van der Waals surface area contributed by atoms with Gasteiger partial charge in [0.1, 0.15) is 0 Å². The average Bonchev–Trinajstić information content (AvgIpc) is 2.90. The Balaban J connectivity index is 1.22. The summed E-state index contributed by atoms with van der Waals surface area (Å²) in [5, 5.41) is 3.80. The molecular formula is C34H55ClN3O4Si. The van der Waals surface area contributed by atoms with E-state index in [-0.39, 0.29) is 34.6 Å². The second kappa shape index (κ2) is 14.2. The highest BCUT2D eigenvalue weighted by Gasteiger charge is 2.50. The zero-order chi connectivity index (χ0) is 31.4. The van der Waals surface area contributed by atoms with E-state index in [1.54, 1.807) is 17.2 Å². The number of halogens is 1. The molecule has 4 aliphatic rings. The number of carbonyl (C=O) groups is 2. The van der Waals surface area contributed by atoms with Gasteiger partial charge in [-0.1, -0.05) is 39.3 Å².